The predicted molar refractivity (Wildman–Crippen MR) is 78.0 cm³/mol. The van der Waals surface area contributed by atoms with Gasteiger partial charge in [-0.3, -0.25) is 0 Å². The molecule has 0 aliphatic carbocycles. The van der Waals surface area contributed by atoms with Crippen LogP contribution in [0.2, 0.25) is 0 Å². The zero-order valence-corrected chi connectivity index (χ0v) is 12.1. The van der Waals surface area contributed by atoms with Crippen LogP contribution < -0.4 is 0 Å². The highest BCUT2D eigenvalue weighted by Crippen LogP contribution is 2.26. The van der Waals surface area contributed by atoms with Gasteiger partial charge in [-0.2, -0.15) is 0 Å². The highest BCUT2D eigenvalue weighted by atomic mass is 32.2. The number of aromatic nitrogens is 2. The van der Waals surface area contributed by atoms with Crippen LogP contribution in [0.1, 0.15) is 11.9 Å². The van der Waals surface area contributed by atoms with E-state index in [0.717, 1.165) is 27.9 Å². The Bertz CT molecular complexity index is 473. The first-order valence-corrected chi connectivity index (χ1v) is 7.64. The molecule has 1 aromatic heterocycles. The standard InChI is InChI=1S/C13H16N2OS2/c1-10(8-16-2)17-9-12-14-15-13(18-12)11-6-4-3-5-7-11/h3-7,10H,8-9H2,1-2H3/t10-/m1/s1. The minimum Gasteiger partial charge on any atom is -0.384 e. The van der Waals surface area contributed by atoms with Crippen LogP contribution in [-0.2, 0) is 10.5 Å². The lowest BCUT2D eigenvalue weighted by molar-refractivity contribution is 0.203. The second-order valence-corrected chi connectivity index (χ2v) is 6.43. The summed E-state index contributed by atoms with van der Waals surface area (Å²) in [4.78, 5) is 0. The van der Waals surface area contributed by atoms with Gasteiger partial charge in [0.15, 0.2) is 0 Å². The zero-order chi connectivity index (χ0) is 12.8. The van der Waals surface area contributed by atoms with Crippen LogP contribution >= 0.6 is 23.1 Å². The SMILES string of the molecule is COC[C@@H](C)SCc1nnc(-c2ccccc2)s1. The van der Waals surface area contributed by atoms with E-state index in [2.05, 4.69) is 29.3 Å². The first-order valence-electron chi connectivity index (χ1n) is 5.78. The fourth-order valence-electron chi connectivity index (χ4n) is 1.51. The molecule has 3 nitrogen and oxygen atoms in total. The molecule has 1 heterocycles. The third-order valence-corrected chi connectivity index (χ3v) is 4.68. The summed E-state index contributed by atoms with van der Waals surface area (Å²) in [5.74, 6) is 0.898. The molecular weight excluding hydrogens is 264 g/mol. The molecule has 0 aliphatic rings. The third-order valence-electron chi connectivity index (χ3n) is 2.38. The molecule has 5 heteroatoms. The van der Waals surface area contributed by atoms with Crippen molar-refractivity contribution in [1.29, 1.82) is 0 Å². The van der Waals surface area contributed by atoms with E-state index in [1.807, 2.05) is 30.0 Å². The number of hydrogen-bond donors (Lipinski definition) is 0. The van der Waals surface area contributed by atoms with Crippen molar-refractivity contribution in [3.63, 3.8) is 0 Å². The molecule has 0 aliphatic heterocycles. The largest absolute Gasteiger partial charge is 0.384 e. The summed E-state index contributed by atoms with van der Waals surface area (Å²) >= 11 is 3.51. The second-order valence-electron chi connectivity index (χ2n) is 3.94. The van der Waals surface area contributed by atoms with Crippen LogP contribution in [0.15, 0.2) is 30.3 Å². The van der Waals surface area contributed by atoms with Gasteiger partial charge in [0, 0.05) is 23.7 Å². The van der Waals surface area contributed by atoms with E-state index < -0.39 is 0 Å². The fourth-order valence-corrected chi connectivity index (χ4v) is 3.30. The molecule has 0 unspecified atom stereocenters. The average Bonchev–Trinajstić information content (AvgIpc) is 2.87. The van der Waals surface area contributed by atoms with E-state index in [1.165, 1.54) is 0 Å². The fraction of sp³-hybridized carbons (Fsp3) is 0.385. The van der Waals surface area contributed by atoms with Crippen LogP contribution in [0.4, 0.5) is 0 Å². The van der Waals surface area contributed by atoms with E-state index in [1.54, 1.807) is 18.4 Å². The Morgan fingerprint density at radius 2 is 2.06 bits per heavy atom. The molecule has 2 aromatic rings. The van der Waals surface area contributed by atoms with Gasteiger partial charge >= 0.3 is 0 Å². The lowest BCUT2D eigenvalue weighted by Gasteiger charge is -2.07. The summed E-state index contributed by atoms with van der Waals surface area (Å²) in [7, 11) is 1.73. The molecule has 1 atom stereocenters. The van der Waals surface area contributed by atoms with Gasteiger partial charge in [-0.1, -0.05) is 48.6 Å². The normalized spacial score (nSPS) is 12.6. The van der Waals surface area contributed by atoms with Crippen LogP contribution in [0, 0.1) is 0 Å². The van der Waals surface area contributed by atoms with Gasteiger partial charge in [0.25, 0.3) is 0 Å². The average molecular weight is 280 g/mol. The van der Waals surface area contributed by atoms with E-state index >= 15 is 0 Å². The molecule has 0 bridgehead atoms. The lowest BCUT2D eigenvalue weighted by Crippen LogP contribution is -2.05. The van der Waals surface area contributed by atoms with Crippen molar-refractivity contribution in [2.75, 3.05) is 13.7 Å². The zero-order valence-electron chi connectivity index (χ0n) is 10.5. The van der Waals surface area contributed by atoms with Crippen molar-refractivity contribution in [2.24, 2.45) is 0 Å². The smallest absolute Gasteiger partial charge is 0.147 e. The lowest BCUT2D eigenvalue weighted by atomic mass is 10.2. The van der Waals surface area contributed by atoms with Gasteiger partial charge in [-0.25, -0.2) is 0 Å². The third kappa shape index (κ3) is 3.80. The highest BCUT2D eigenvalue weighted by molar-refractivity contribution is 7.99. The molecule has 96 valence electrons. The topological polar surface area (TPSA) is 35.0 Å². The maximum Gasteiger partial charge on any atom is 0.147 e. The number of benzene rings is 1. The summed E-state index contributed by atoms with van der Waals surface area (Å²) in [6.07, 6.45) is 0. The Morgan fingerprint density at radius 1 is 1.28 bits per heavy atom. The molecule has 0 spiro atoms. The predicted octanol–water partition coefficient (Wildman–Crippen LogP) is 3.47. The summed E-state index contributed by atoms with van der Waals surface area (Å²) in [5.41, 5.74) is 1.14. The minimum absolute atomic E-state index is 0.485. The van der Waals surface area contributed by atoms with Gasteiger partial charge in [-0.05, 0) is 0 Å². The second kappa shape index (κ2) is 6.87. The Morgan fingerprint density at radius 3 is 2.78 bits per heavy atom. The van der Waals surface area contributed by atoms with Crippen molar-refractivity contribution >= 4 is 23.1 Å². The van der Waals surface area contributed by atoms with E-state index in [-0.39, 0.29) is 0 Å². The van der Waals surface area contributed by atoms with Gasteiger partial charge in [0.2, 0.25) is 0 Å². The van der Waals surface area contributed by atoms with Crippen molar-refractivity contribution in [1.82, 2.24) is 10.2 Å². The maximum absolute atomic E-state index is 5.11. The van der Waals surface area contributed by atoms with Crippen molar-refractivity contribution in [2.45, 2.75) is 17.9 Å². The summed E-state index contributed by atoms with van der Waals surface area (Å²) in [6.45, 7) is 2.93. The number of ether oxygens (including phenoxy) is 1. The van der Waals surface area contributed by atoms with Crippen molar-refractivity contribution in [3.8, 4) is 10.6 Å². The molecule has 0 radical (unpaired) electrons. The number of hydrogen-bond acceptors (Lipinski definition) is 5. The van der Waals surface area contributed by atoms with Gasteiger partial charge in [-0.15, -0.1) is 22.0 Å². The van der Waals surface area contributed by atoms with Crippen molar-refractivity contribution in [3.05, 3.63) is 35.3 Å². The molecule has 1 aromatic carbocycles. The van der Waals surface area contributed by atoms with Gasteiger partial charge in [0.05, 0.1) is 6.61 Å². The minimum atomic E-state index is 0.485. The van der Waals surface area contributed by atoms with E-state index in [0.29, 0.717) is 5.25 Å². The summed E-state index contributed by atoms with van der Waals surface area (Å²) in [5, 5.41) is 11.0. The Kier molecular flexibility index (Phi) is 5.16. The molecule has 0 amide bonds. The van der Waals surface area contributed by atoms with Crippen molar-refractivity contribution < 1.29 is 4.74 Å². The maximum atomic E-state index is 5.11. The molecule has 2 rings (SSSR count). The Labute approximate surface area is 116 Å². The van der Waals surface area contributed by atoms with Crippen LogP contribution in [-0.4, -0.2) is 29.2 Å². The number of thioether (sulfide) groups is 1. The Hall–Kier alpha value is -0.910. The quantitative estimate of drug-likeness (QED) is 0.811. The van der Waals surface area contributed by atoms with Gasteiger partial charge < -0.3 is 4.74 Å². The molecule has 18 heavy (non-hydrogen) atoms. The highest BCUT2D eigenvalue weighted by Gasteiger charge is 2.08. The molecule has 0 fully saturated rings. The molecular formula is C13H16N2OS2. The van der Waals surface area contributed by atoms with Crippen LogP contribution in [0.25, 0.3) is 10.6 Å². The first kappa shape index (κ1) is 13.5. The molecule has 0 saturated carbocycles. The number of methoxy groups -OCH3 is 1. The van der Waals surface area contributed by atoms with Crippen LogP contribution in [0.3, 0.4) is 0 Å². The number of nitrogens with zero attached hydrogens (tertiary/aromatic N) is 2. The van der Waals surface area contributed by atoms with Crippen LogP contribution in [0.5, 0.6) is 0 Å². The van der Waals surface area contributed by atoms with E-state index in [9.17, 15) is 0 Å². The first-order chi connectivity index (χ1) is 8.79. The summed E-state index contributed by atoms with van der Waals surface area (Å²) < 4.78 is 5.11. The number of rotatable bonds is 6. The van der Waals surface area contributed by atoms with E-state index in [4.69, 9.17) is 4.74 Å². The molecule has 0 N–H and O–H groups in total. The summed E-state index contributed by atoms with van der Waals surface area (Å²) in [6, 6.07) is 10.2. The van der Waals surface area contributed by atoms with Gasteiger partial charge in [0.1, 0.15) is 10.0 Å². The molecule has 0 saturated heterocycles. The monoisotopic (exact) mass is 280 g/mol. The Balaban J connectivity index is 1.95.